The maximum Gasteiger partial charge on any atom is 0.319 e. The molecule has 1 aliphatic carbocycles. The number of halogens is 1. The predicted molar refractivity (Wildman–Crippen MR) is 86.7 cm³/mol. The Morgan fingerprint density at radius 2 is 2.09 bits per heavy atom. The van der Waals surface area contributed by atoms with E-state index >= 15 is 0 Å². The molecule has 1 atom stereocenters. The number of aliphatic hydroxyl groups excluding tert-OH is 1. The van der Waals surface area contributed by atoms with Gasteiger partial charge in [0, 0.05) is 18.7 Å². The molecule has 0 spiro atoms. The minimum absolute atomic E-state index is 0.251. The Morgan fingerprint density at radius 1 is 1.26 bits per heavy atom. The highest BCUT2D eigenvalue weighted by Gasteiger charge is 2.19. The van der Waals surface area contributed by atoms with Gasteiger partial charge in [0.05, 0.1) is 6.10 Å². The van der Waals surface area contributed by atoms with Gasteiger partial charge in [-0.3, -0.25) is 0 Å². The summed E-state index contributed by atoms with van der Waals surface area (Å²) in [5, 5.41) is 15.4. The molecule has 0 radical (unpaired) electrons. The second kappa shape index (κ2) is 6.79. The second-order valence-corrected chi connectivity index (χ2v) is 5.78. The van der Waals surface area contributed by atoms with Crippen molar-refractivity contribution in [2.75, 3.05) is 5.32 Å². The summed E-state index contributed by atoms with van der Waals surface area (Å²) < 4.78 is 13.1. The Labute approximate surface area is 134 Å². The van der Waals surface area contributed by atoms with E-state index in [1.54, 1.807) is 12.1 Å². The summed E-state index contributed by atoms with van der Waals surface area (Å²) in [5.41, 5.74) is 3.58. The van der Waals surface area contributed by atoms with Gasteiger partial charge in [-0.15, -0.1) is 0 Å². The summed E-state index contributed by atoms with van der Waals surface area (Å²) in [6, 6.07) is 11.5. The number of rotatable bonds is 3. The van der Waals surface area contributed by atoms with Crippen molar-refractivity contribution in [2.24, 2.45) is 0 Å². The molecule has 5 heteroatoms. The number of aryl methyl sites for hydroxylation is 1. The molecule has 3 N–H and O–H groups in total. The van der Waals surface area contributed by atoms with Gasteiger partial charge in [0.1, 0.15) is 5.82 Å². The number of carbonyl (C=O) groups is 1. The molecule has 2 aromatic rings. The van der Waals surface area contributed by atoms with E-state index in [9.17, 15) is 14.3 Å². The number of hydrogen-bond acceptors (Lipinski definition) is 2. The molecule has 120 valence electrons. The third-order valence-electron chi connectivity index (χ3n) is 4.05. The van der Waals surface area contributed by atoms with Crippen molar-refractivity contribution in [3.63, 3.8) is 0 Å². The number of benzene rings is 2. The zero-order chi connectivity index (χ0) is 16.2. The van der Waals surface area contributed by atoms with E-state index in [1.807, 2.05) is 18.2 Å². The molecule has 23 heavy (non-hydrogen) atoms. The number of amides is 2. The molecule has 2 aromatic carbocycles. The summed E-state index contributed by atoms with van der Waals surface area (Å²) in [7, 11) is 0. The van der Waals surface area contributed by atoms with E-state index in [0.717, 1.165) is 24.1 Å². The molecule has 0 aromatic heterocycles. The number of carbonyl (C=O) groups excluding carboxylic acids is 1. The number of nitrogens with one attached hydrogen (secondary N) is 2. The summed E-state index contributed by atoms with van der Waals surface area (Å²) >= 11 is 0. The average molecular weight is 314 g/mol. The highest BCUT2D eigenvalue weighted by Crippen LogP contribution is 2.28. The Balaban J connectivity index is 1.64. The van der Waals surface area contributed by atoms with Crippen molar-refractivity contribution in [3.05, 3.63) is 65.0 Å². The lowest BCUT2D eigenvalue weighted by atomic mass is 9.88. The first kappa shape index (κ1) is 15.5. The molecule has 1 aliphatic rings. The standard InChI is InChI=1S/C18H19FN2O2/c19-14-5-1-3-12(9-14)11-20-18(23)21-17-6-2-4-13-7-8-15(22)10-16(13)17/h1-6,9,15,22H,7-8,10-11H2,(H2,20,21,23)/t15-/m1/s1. The fraction of sp³-hybridized carbons (Fsp3) is 0.278. The van der Waals surface area contributed by atoms with Gasteiger partial charge in [0.15, 0.2) is 0 Å². The lowest BCUT2D eigenvalue weighted by Gasteiger charge is -2.23. The lowest BCUT2D eigenvalue weighted by Crippen LogP contribution is -2.29. The van der Waals surface area contributed by atoms with Crippen LogP contribution >= 0.6 is 0 Å². The second-order valence-electron chi connectivity index (χ2n) is 5.78. The number of aliphatic hydroxyl groups is 1. The number of hydrogen-bond donors (Lipinski definition) is 3. The van der Waals surface area contributed by atoms with E-state index in [4.69, 9.17) is 0 Å². The van der Waals surface area contributed by atoms with Crippen LogP contribution in [0.3, 0.4) is 0 Å². The van der Waals surface area contributed by atoms with Gasteiger partial charge < -0.3 is 15.7 Å². The van der Waals surface area contributed by atoms with Crippen molar-refractivity contribution in [2.45, 2.75) is 31.9 Å². The third-order valence-corrected chi connectivity index (χ3v) is 4.05. The quantitative estimate of drug-likeness (QED) is 0.815. The molecular formula is C18H19FN2O2. The molecule has 3 rings (SSSR count). The Bertz CT molecular complexity index is 718. The van der Waals surface area contributed by atoms with Crippen LogP contribution in [0.15, 0.2) is 42.5 Å². The molecule has 0 saturated carbocycles. The monoisotopic (exact) mass is 314 g/mol. The summed E-state index contributed by atoms with van der Waals surface area (Å²) in [4.78, 5) is 12.1. The fourth-order valence-electron chi connectivity index (χ4n) is 2.88. The highest BCUT2D eigenvalue weighted by molar-refractivity contribution is 5.90. The van der Waals surface area contributed by atoms with Crippen molar-refractivity contribution in [3.8, 4) is 0 Å². The molecule has 0 heterocycles. The number of anilines is 1. The van der Waals surface area contributed by atoms with Gasteiger partial charge in [-0.2, -0.15) is 0 Å². The number of urea groups is 1. The smallest absolute Gasteiger partial charge is 0.319 e. The van der Waals surface area contributed by atoms with Gasteiger partial charge in [-0.25, -0.2) is 9.18 Å². The SMILES string of the molecule is O=C(NCc1cccc(F)c1)Nc1cccc2c1C[C@H](O)CC2. The maximum absolute atomic E-state index is 13.1. The Kier molecular flexibility index (Phi) is 4.57. The van der Waals surface area contributed by atoms with Crippen LogP contribution < -0.4 is 10.6 Å². The van der Waals surface area contributed by atoms with Gasteiger partial charge in [-0.1, -0.05) is 24.3 Å². The molecule has 0 fully saturated rings. The first-order valence-corrected chi connectivity index (χ1v) is 7.70. The Morgan fingerprint density at radius 3 is 2.91 bits per heavy atom. The molecule has 0 bridgehead atoms. The van der Waals surface area contributed by atoms with Crippen LogP contribution in [-0.4, -0.2) is 17.2 Å². The average Bonchev–Trinajstić information content (AvgIpc) is 2.54. The molecule has 4 nitrogen and oxygen atoms in total. The van der Waals surface area contributed by atoms with Gasteiger partial charge >= 0.3 is 6.03 Å². The number of fused-ring (bicyclic) bond motifs is 1. The predicted octanol–water partition coefficient (Wildman–Crippen LogP) is 3.00. The van der Waals surface area contributed by atoms with Crippen LogP contribution in [0.1, 0.15) is 23.1 Å². The minimum atomic E-state index is -0.360. The van der Waals surface area contributed by atoms with Gasteiger partial charge in [0.25, 0.3) is 0 Å². The van der Waals surface area contributed by atoms with Gasteiger partial charge in [-0.05, 0) is 47.7 Å². The summed E-state index contributed by atoms with van der Waals surface area (Å²) in [5.74, 6) is -0.323. The van der Waals surface area contributed by atoms with Crippen LogP contribution in [0, 0.1) is 5.82 Å². The van der Waals surface area contributed by atoms with E-state index in [-0.39, 0.29) is 24.5 Å². The molecule has 0 saturated heterocycles. The largest absolute Gasteiger partial charge is 0.393 e. The molecule has 0 unspecified atom stereocenters. The maximum atomic E-state index is 13.1. The van der Waals surface area contributed by atoms with Crippen molar-refractivity contribution in [1.29, 1.82) is 0 Å². The lowest BCUT2D eigenvalue weighted by molar-refractivity contribution is 0.159. The minimum Gasteiger partial charge on any atom is -0.393 e. The van der Waals surface area contributed by atoms with E-state index < -0.39 is 0 Å². The van der Waals surface area contributed by atoms with Crippen molar-refractivity contribution >= 4 is 11.7 Å². The Hall–Kier alpha value is -2.40. The van der Waals surface area contributed by atoms with Crippen LogP contribution in [-0.2, 0) is 19.4 Å². The molecular weight excluding hydrogens is 295 g/mol. The van der Waals surface area contributed by atoms with Crippen molar-refractivity contribution in [1.82, 2.24) is 5.32 Å². The first-order valence-electron chi connectivity index (χ1n) is 7.70. The van der Waals surface area contributed by atoms with Crippen LogP contribution in [0.5, 0.6) is 0 Å². The third kappa shape index (κ3) is 3.87. The molecule has 2 amide bonds. The molecule has 0 aliphatic heterocycles. The highest BCUT2D eigenvalue weighted by atomic mass is 19.1. The van der Waals surface area contributed by atoms with Gasteiger partial charge in [0.2, 0.25) is 0 Å². The van der Waals surface area contributed by atoms with Crippen LogP contribution in [0.25, 0.3) is 0 Å². The van der Waals surface area contributed by atoms with E-state index in [0.29, 0.717) is 12.0 Å². The first-order chi connectivity index (χ1) is 11.1. The zero-order valence-electron chi connectivity index (χ0n) is 12.7. The zero-order valence-corrected chi connectivity index (χ0v) is 12.7. The van der Waals surface area contributed by atoms with Crippen LogP contribution in [0.2, 0.25) is 0 Å². The summed E-state index contributed by atoms with van der Waals surface area (Å²) in [6.45, 7) is 0.251. The fourth-order valence-corrected chi connectivity index (χ4v) is 2.88. The van der Waals surface area contributed by atoms with E-state index in [1.165, 1.54) is 17.7 Å². The van der Waals surface area contributed by atoms with E-state index in [2.05, 4.69) is 10.6 Å². The summed E-state index contributed by atoms with van der Waals surface area (Å²) in [6.07, 6.45) is 1.76. The van der Waals surface area contributed by atoms with Crippen LogP contribution in [0.4, 0.5) is 14.9 Å². The van der Waals surface area contributed by atoms with Crippen molar-refractivity contribution < 1.29 is 14.3 Å². The topological polar surface area (TPSA) is 61.4 Å². The normalized spacial score (nSPS) is 16.5.